The number of aromatic nitrogens is 2. The maximum absolute atomic E-state index is 12.1. The van der Waals surface area contributed by atoms with E-state index in [-0.39, 0.29) is 16.1 Å². The maximum atomic E-state index is 12.1. The number of alkyl halides is 3. The molecule has 0 spiro atoms. The molecule has 0 aromatic carbocycles. The molecule has 1 rings (SSSR count). The summed E-state index contributed by atoms with van der Waals surface area (Å²) in [7, 11) is 0. The van der Waals surface area contributed by atoms with Crippen LogP contribution < -0.4 is 0 Å². The molecule has 5 heteroatoms. The van der Waals surface area contributed by atoms with Crippen molar-refractivity contribution in [1.29, 1.82) is 0 Å². The molecule has 1 aromatic rings. The lowest BCUT2D eigenvalue weighted by Gasteiger charge is -2.10. The molecule has 0 aliphatic heterocycles. The van der Waals surface area contributed by atoms with Crippen molar-refractivity contribution in [1.82, 2.24) is 9.55 Å². The summed E-state index contributed by atoms with van der Waals surface area (Å²) < 4.78 is 36.4. The number of aryl methyl sites for hydroxylation is 2. The smallest absolute Gasteiger partial charge is 0.243 e. The molecule has 0 saturated heterocycles. The van der Waals surface area contributed by atoms with Crippen molar-refractivity contribution in [3.63, 3.8) is 0 Å². The van der Waals surface area contributed by atoms with Crippen LogP contribution in [0.5, 0.6) is 0 Å². The summed E-state index contributed by atoms with van der Waals surface area (Å²) in [5.74, 6) is -0.0324. The molecule has 0 N–H and O–H groups in total. The molecule has 0 fully saturated rings. The predicted octanol–water partition coefficient (Wildman–Crippen LogP) is 1.98. The van der Waals surface area contributed by atoms with E-state index in [1.165, 1.54) is 20.0 Å². The van der Waals surface area contributed by atoms with Gasteiger partial charge in [-0.3, -0.25) is 0 Å². The van der Waals surface area contributed by atoms with Gasteiger partial charge in [0.25, 0.3) is 0 Å². The Morgan fingerprint density at radius 1 is 1.36 bits per heavy atom. The van der Waals surface area contributed by atoms with Gasteiger partial charge in [-0.05, 0) is 13.8 Å². The molecular weight excluding hydrogens is 157 g/mol. The first-order chi connectivity index (χ1) is 4.93. The molecule has 0 atom stereocenters. The van der Waals surface area contributed by atoms with Crippen LogP contribution in [-0.2, 0) is 6.30 Å². The van der Waals surface area contributed by atoms with E-state index in [2.05, 4.69) is 4.98 Å². The van der Waals surface area contributed by atoms with Crippen LogP contribution in [0.25, 0.3) is 0 Å². The summed E-state index contributed by atoms with van der Waals surface area (Å²) in [4.78, 5) is 3.53. The minimum atomic E-state index is -4.34. The van der Waals surface area contributed by atoms with Gasteiger partial charge in [0.15, 0.2) is 0 Å². The highest BCUT2D eigenvalue weighted by Gasteiger charge is 2.33. The largest absolute Gasteiger partial charge is 0.490 e. The minimum absolute atomic E-state index is 0.0324. The highest BCUT2D eigenvalue weighted by Crippen LogP contribution is 2.25. The number of hydrogen-bond acceptors (Lipinski definition) is 1. The molecule has 1 aromatic heterocycles. The lowest BCUT2D eigenvalue weighted by molar-refractivity contribution is -0.206. The minimum Gasteiger partial charge on any atom is -0.243 e. The third-order valence-electron chi connectivity index (χ3n) is 1.37. The number of hydrogen-bond donors (Lipinski definition) is 0. The second-order valence-corrected chi connectivity index (χ2v) is 2.25. The standard InChI is InChI=1S/C6H7F3N2/c1-4-3-10-5(2)11(4)6(7,8)9/h3H,1-2H3. The van der Waals surface area contributed by atoms with Crippen molar-refractivity contribution in [3.8, 4) is 0 Å². The Morgan fingerprint density at radius 3 is 2.09 bits per heavy atom. The molecule has 0 aliphatic carbocycles. The zero-order chi connectivity index (χ0) is 8.65. The van der Waals surface area contributed by atoms with E-state index in [1.807, 2.05) is 0 Å². The Morgan fingerprint density at radius 2 is 1.91 bits per heavy atom. The first kappa shape index (κ1) is 8.10. The van der Waals surface area contributed by atoms with Gasteiger partial charge in [-0.2, -0.15) is 0 Å². The van der Waals surface area contributed by atoms with E-state index in [4.69, 9.17) is 0 Å². The summed E-state index contributed by atoms with van der Waals surface area (Å²) in [6, 6.07) is 0. The fourth-order valence-electron chi connectivity index (χ4n) is 0.941. The summed E-state index contributed by atoms with van der Waals surface area (Å²) in [5.41, 5.74) is 0.106. The Kier molecular flexibility index (Phi) is 1.66. The van der Waals surface area contributed by atoms with Crippen LogP contribution in [0.15, 0.2) is 6.20 Å². The predicted molar refractivity (Wildman–Crippen MR) is 33.0 cm³/mol. The maximum Gasteiger partial charge on any atom is 0.490 e. The molecule has 0 unspecified atom stereocenters. The molecule has 0 radical (unpaired) electrons. The zero-order valence-electron chi connectivity index (χ0n) is 6.11. The van der Waals surface area contributed by atoms with E-state index < -0.39 is 6.30 Å². The fraction of sp³-hybridized carbons (Fsp3) is 0.500. The lowest BCUT2D eigenvalue weighted by atomic mass is 10.5. The molecule has 0 saturated carbocycles. The van der Waals surface area contributed by atoms with Gasteiger partial charge in [0.2, 0.25) is 0 Å². The average Bonchev–Trinajstić information content (AvgIpc) is 2.08. The molecule has 0 aliphatic rings. The fourth-order valence-corrected chi connectivity index (χ4v) is 0.941. The molecule has 11 heavy (non-hydrogen) atoms. The number of halogens is 3. The van der Waals surface area contributed by atoms with Crippen molar-refractivity contribution in [2.75, 3.05) is 0 Å². The van der Waals surface area contributed by atoms with E-state index in [1.54, 1.807) is 0 Å². The molecule has 1 heterocycles. The zero-order valence-corrected chi connectivity index (χ0v) is 6.11. The highest BCUT2D eigenvalue weighted by molar-refractivity contribution is 5.02. The van der Waals surface area contributed by atoms with Crippen LogP contribution in [-0.4, -0.2) is 9.55 Å². The van der Waals surface area contributed by atoms with Gasteiger partial charge in [0, 0.05) is 11.9 Å². The van der Waals surface area contributed by atoms with Gasteiger partial charge in [-0.15, -0.1) is 13.2 Å². The van der Waals surface area contributed by atoms with E-state index in [0.717, 1.165) is 0 Å². The monoisotopic (exact) mass is 164 g/mol. The number of rotatable bonds is 0. The van der Waals surface area contributed by atoms with Crippen molar-refractivity contribution >= 4 is 0 Å². The van der Waals surface area contributed by atoms with Crippen molar-refractivity contribution < 1.29 is 13.2 Å². The summed E-state index contributed by atoms with van der Waals surface area (Å²) in [5, 5.41) is 0. The van der Waals surface area contributed by atoms with E-state index >= 15 is 0 Å². The highest BCUT2D eigenvalue weighted by atomic mass is 19.4. The van der Waals surface area contributed by atoms with Gasteiger partial charge in [0.1, 0.15) is 5.82 Å². The van der Waals surface area contributed by atoms with Crippen molar-refractivity contribution in [2.45, 2.75) is 20.1 Å². The van der Waals surface area contributed by atoms with Gasteiger partial charge >= 0.3 is 6.30 Å². The van der Waals surface area contributed by atoms with Crippen molar-refractivity contribution in [2.24, 2.45) is 0 Å². The number of imidazole rings is 1. The molecule has 62 valence electrons. The second-order valence-electron chi connectivity index (χ2n) is 2.25. The van der Waals surface area contributed by atoms with Gasteiger partial charge in [-0.25, -0.2) is 9.55 Å². The number of nitrogens with zero attached hydrogens (tertiary/aromatic N) is 2. The average molecular weight is 164 g/mol. The van der Waals surface area contributed by atoms with Gasteiger partial charge < -0.3 is 0 Å². The Labute approximate surface area is 61.7 Å². The van der Waals surface area contributed by atoms with Crippen LogP contribution in [0.3, 0.4) is 0 Å². The second kappa shape index (κ2) is 2.25. The lowest BCUT2D eigenvalue weighted by Crippen LogP contribution is -2.19. The van der Waals surface area contributed by atoms with Crippen LogP contribution >= 0.6 is 0 Å². The first-order valence-electron chi connectivity index (χ1n) is 3.01. The third kappa shape index (κ3) is 1.36. The first-order valence-corrected chi connectivity index (χ1v) is 3.01. The Hall–Kier alpha value is -1.00. The molecular formula is C6H7F3N2. The van der Waals surface area contributed by atoms with E-state index in [0.29, 0.717) is 0 Å². The molecule has 0 bridgehead atoms. The normalized spacial score (nSPS) is 12.1. The quantitative estimate of drug-likeness (QED) is 0.573. The van der Waals surface area contributed by atoms with Crippen LogP contribution in [0.4, 0.5) is 13.2 Å². The summed E-state index contributed by atoms with van der Waals surface area (Å²) in [6.45, 7) is 2.69. The van der Waals surface area contributed by atoms with E-state index in [9.17, 15) is 13.2 Å². The summed E-state index contributed by atoms with van der Waals surface area (Å²) in [6.07, 6.45) is -3.15. The molecule has 0 amide bonds. The van der Waals surface area contributed by atoms with Gasteiger partial charge in [0.05, 0.1) is 0 Å². The molecule has 2 nitrogen and oxygen atoms in total. The summed E-state index contributed by atoms with van der Waals surface area (Å²) >= 11 is 0. The topological polar surface area (TPSA) is 17.8 Å². The van der Waals surface area contributed by atoms with Gasteiger partial charge in [-0.1, -0.05) is 0 Å². The van der Waals surface area contributed by atoms with Crippen LogP contribution in [0.1, 0.15) is 11.5 Å². The third-order valence-corrected chi connectivity index (χ3v) is 1.37. The van der Waals surface area contributed by atoms with Crippen LogP contribution in [0.2, 0.25) is 0 Å². The Bertz CT molecular complexity index is 242. The van der Waals surface area contributed by atoms with Crippen molar-refractivity contribution in [3.05, 3.63) is 17.7 Å². The SMILES string of the molecule is Cc1cnc(C)n1C(F)(F)F. The Balaban J connectivity index is 3.21. The van der Waals surface area contributed by atoms with Crippen LogP contribution in [0, 0.1) is 13.8 Å².